The van der Waals surface area contributed by atoms with E-state index in [9.17, 15) is 0 Å². The molecule has 3 heteroatoms. The molecule has 2 aromatic rings. The molecule has 0 aliphatic heterocycles. The summed E-state index contributed by atoms with van der Waals surface area (Å²) in [5, 5.41) is 0. The molecule has 0 saturated heterocycles. The highest BCUT2D eigenvalue weighted by molar-refractivity contribution is 7.71. The summed E-state index contributed by atoms with van der Waals surface area (Å²) in [6, 6.07) is 6.78. The maximum absolute atomic E-state index is 5.45. The number of imidazole rings is 1. The summed E-state index contributed by atoms with van der Waals surface area (Å²) in [5.41, 5.74) is 3.78. The average Bonchev–Trinajstić information content (AvgIpc) is 2.51. The molecule has 1 aromatic carbocycles. The van der Waals surface area contributed by atoms with Gasteiger partial charge in [0.05, 0.1) is 11.0 Å². The predicted molar refractivity (Wildman–Crippen MR) is 76.0 cm³/mol. The fourth-order valence-electron chi connectivity index (χ4n) is 2.00. The van der Waals surface area contributed by atoms with Gasteiger partial charge in [0.15, 0.2) is 4.77 Å². The van der Waals surface area contributed by atoms with Crippen LogP contribution in [0, 0.1) is 17.1 Å². The van der Waals surface area contributed by atoms with Crippen LogP contribution in [0.15, 0.2) is 18.2 Å². The minimum atomic E-state index is 0.192. The molecule has 0 radical (unpaired) electrons. The van der Waals surface area contributed by atoms with Gasteiger partial charge in [0, 0.05) is 6.04 Å². The van der Waals surface area contributed by atoms with Crippen LogP contribution in [-0.4, -0.2) is 9.55 Å². The summed E-state index contributed by atoms with van der Waals surface area (Å²) < 4.78 is 3.05. The first-order chi connectivity index (χ1) is 7.80. The molecule has 2 rings (SSSR count). The second kappa shape index (κ2) is 3.98. The Kier molecular flexibility index (Phi) is 2.90. The van der Waals surface area contributed by atoms with Crippen molar-refractivity contribution in [3.8, 4) is 0 Å². The normalized spacial score (nSPS) is 14.2. The molecule has 0 aliphatic rings. The van der Waals surface area contributed by atoms with Gasteiger partial charge < -0.3 is 9.55 Å². The quantitative estimate of drug-likeness (QED) is 0.731. The van der Waals surface area contributed by atoms with Crippen LogP contribution in [0.25, 0.3) is 11.0 Å². The van der Waals surface area contributed by atoms with E-state index in [0.717, 1.165) is 10.3 Å². The number of aromatic amines is 1. The van der Waals surface area contributed by atoms with Crippen molar-refractivity contribution in [2.24, 2.45) is 5.41 Å². The first-order valence-corrected chi connectivity index (χ1v) is 6.42. The van der Waals surface area contributed by atoms with Gasteiger partial charge in [-0.2, -0.15) is 0 Å². The Balaban J connectivity index is 2.72. The zero-order chi connectivity index (χ0) is 12.8. The number of H-pyrrole nitrogens is 1. The number of aryl methyl sites for hydroxylation is 1. The standard InChI is InChI=1S/C14H20N2S/c1-9-6-7-11-12(8-9)16(13(17)15-11)10(2)14(3,4)5/h6-8,10H,1-5H3,(H,15,17). The fourth-order valence-corrected chi connectivity index (χ4v) is 2.37. The van der Waals surface area contributed by atoms with Gasteiger partial charge >= 0.3 is 0 Å². The van der Waals surface area contributed by atoms with Crippen molar-refractivity contribution in [2.45, 2.75) is 40.7 Å². The molecule has 0 aliphatic carbocycles. The van der Waals surface area contributed by atoms with E-state index >= 15 is 0 Å². The Morgan fingerprint density at radius 1 is 1.29 bits per heavy atom. The van der Waals surface area contributed by atoms with Crippen LogP contribution in [0.1, 0.15) is 39.3 Å². The molecule has 0 saturated carbocycles. The summed E-state index contributed by atoms with van der Waals surface area (Å²) >= 11 is 5.45. The summed E-state index contributed by atoms with van der Waals surface area (Å²) in [4.78, 5) is 3.29. The molecule has 1 N–H and O–H groups in total. The van der Waals surface area contributed by atoms with Crippen molar-refractivity contribution < 1.29 is 0 Å². The van der Waals surface area contributed by atoms with Crippen LogP contribution in [0.2, 0.25) is 0 Å². The van der Waals surface area contributed by atoms with Crippen molar-refractivity contribution in [1.29, 1.82) is 0 Å². The van der Waals surface area contributed by atoms with Crippen molar-refractivity contribution in [3.05, 3.63) is 28.5 Å². The van der Waals surface area contributed by atoms with Crippen LogP contribution in [0.5, 0.6) is 0 Å². The van der Waals surface area contributed by atoms with Crippen molar-refractivity contribution in [1.82, 2.24) is 9.55 Å². The summed E-state index contributed by atoms with van der Waals surface area (Å²) in [5.74, 6) is 0. The summed E-state index contributed by atoms with van der Waals surface area (Å²) in [6.45, 7) is 11.1. The fraction of sp³-hybridized carbons (Fsp3) is 0.500. The molecule has 0 spiro atoms. The van der Waals surface area contributed by atoms with Gasteiger partial charge in [0.2, 0.25) is 0 Å². The maximum atomic E-state index is 5.45. The highest BCUT2D eigenvalue weighted by Crippen LogP contribution is 2.33. The second-order valence-electron chi connectivity index (χ2n) is 5.86. The third-order valence-electron chi connectivity index (χ3n) is 3.51. The van der Waals surface area contributed by atoms with Crippen LogP contribution >= 0.6 is 12.2 Å². The smallest absolute Gasteiger partial charge is 0.178 e. The van der Waals surface area contributed by atoms with E-state index in [-0.39, 0.29) is 5.41 Å². The molecule has 1 atom stereocenters. The first kappa shape index (κ1) is 12.4. The molecule has 0 amide bonds. The van der Waals surface area contributed by atoms with E-state index in [0.29, 0.717) is 6.04 Å². The number of benzene rings is 1. The Labute approximate surface area is 108 Å². The molecule has 2 nitrogen and oxygen atoms in total. The third-order valence-corrected chi connectivity index (χ3v) is 3.81. The number of hydrogen-bond acceptors (Lipinski definition) is 1. The number of rotatable bonds is 1. The van der Waals surface area contributed by atoms with Gasteiger partial charge in [-0.1, -0.05) is 26.8 Å². The predicted octanol–water partition coefficient (Wildman–Crippen LogP) is 4.61. The number of nitrogens with zero attached hydrogens (tertiary/aromatic N) is 1. The van der Waals surface area contributed by atoms with E-state index in [4.69, 9.17) is 12.2 Å². The lowest BCUT2D eigenvalue weighted by atomic mass is 9.88. The van der Waals surface area contributed by atoms with Gasteiger partial charge in [-0.3, -0.25) is 0 Å². The van der Waals surface area contributed by atoms with Crippen molar-refractivity contribution >= 4 is 23.3 Å². The van der Waals surface area contributed by atoms with Gasteiger partial charge in [-0.25, -0.2) is 0 Å². The summed E-state index contributed by atoms with van der Waals surface area (Å²) in [6.07, 6.45) is 0. The first-order valence-electron chi connectivity index (χ1n) is 6.01. The van der Waals surface area contributed by atoms with Gasteiger partial charge in [0.25, 0.3) is 0 Å². The molecule has 1 aromatic heterocycles. The van der Waals surface area contributed by atoms with Crippen LogP contribution in [0.3, 0.4) is 0 Å². The van der Waals surface area contributed by atoms with Crippen LogP contribution < -0.4 is 0 Å². The number of aromatic nitrogens is 2. The molecule has 17 heavy (non-hydrogen) atoms. The highest BCUT2D eigenvalue weighted by Gasteiger charge is 2.23. The van der Waals surface area contributed by atoms with Crippen LogP contribution in [0.4, 0.5) is 0 Å². The summed E-state index contributed by atoms with van der Waals surface area (Å²) in [7, 11) is 0. The maximum Gasteiger partial charge on any atom is 0.178 e. The average molecular weight is 248 g/mol. The Bertz CT molecular complexity index is 599. The minimum absolute atomic E-state index is 0.192. The molecular weight excluding hydrogens is 228 g/mol. The molecule has 1 heterocycles. The zero-order valence-electron chi connectivity index (χ0n) is 11.2. The number of hydrogen-bond donors (Lipinski definition) is 1. The zero-order valence-corrected chi connectivity index (χ0v) is 12.0. The van der Waals surface area contributed by atoms with E-state index in [2.05, 4.69) is 62.4 Å². The highest BCUT2D eigenvalue weighted by atomic mass is 32.1. The van der Waals surface area contributed by atoms with Gasteiger partial charge in [0.1, 0.15) is 0 Å². The monoisotopic (exact) mass is 248 g/mol. The van der Waals surface area contributed by atoms with Crippen molar-refractivity contribution in [3.63, 3.8) is 0 Å². The van der Waals surface area contributed by atoms with E-state index in [1.807, 2.05) is 0 Å². The topological polar surface area (TPSA) is 20.7 Å². The Morgan fingerprint density at radius 2 is 1.94 bits per heavy atom. The number of fused-ring (bicyclic) bond motifs is 1. The molecule has 92 valence electrons. The lowest BCUT2D eigenvalue weighted by Gasteiger charge is -2.29. The minimum Gasteiger partial charge on any atom is -0.331 e. The van der Waals surface area contributed by atoms with E-state index in [1.54, 1.807) is 0 Å². The molecule has 0 fully saturated rings. The van der Waals surface area contributed by atoms with Gasteiger partial charge in [-0.15, -0.1) is 0 Å². The molecular formula is C14H20N2S. The van der Waals surface area contributed by atoms with E-state index in [1.165, 1.54) is 11.1 Å². The Hall–Kier alpha value is -1.09. The lowest BCUT2D eigenvalue weighted by molar-refractivity contribution is 0.265. The Morgan fingerprint density at radius 3 is 2.53 bits per heavy atom. The van der Waals surface area contributed by atoms with Crippen molar-refractivity contribution in [2.75, 3.05) is 0 Å². The molecule has 0 bridgehead atoms. The lowest BCUT2D eigenvalue weighted by Crippen LogP contribution is -2.21. The number of nitrogens with one attached hydrogen (secondary N) is 1. The molecule has 1 unspecified atom stereocenters. The second-order valence-corrected chi connectivity index (χ2v) is 6.25. The van der Waals surface area contributed by atoms with E-state index < -0.39 is 0 Å². The third kappa shape index (κ3) is 2.16. The van der Waals surface area contributed by atoms with Crippen LogP contribution in [-0.2, 0) is 0 Å². The SMILES string of the molecule is Cc1ccc2[nH]c(=S)n(C(C)C(C)(C)C)c2c1. The van der Waals surface area contributed by atoms with Gasteiger partial charge in [-0.05, 0) is 49.2 Å². The largest absolute Gasteiger partial charge is 0.331 e.